The molecule has 1 aliphatic heterocycles. The van der Waals surface area contributed by atoms with Crippen molar-refractivity contribution in [3.8, 4) is 0 Å². The zero-order valence-electron chi connectivity index (χ0n) is 12.7. The molecule has 2 aromatic carbocycles. The van der Waals surface area contributed by atoms with Crippen molar-refractivity contribution in [1.82, 2.24) is 5.32 Å². The first-order chi connectivity index (χ1) is 11.5. The summed E-state index contributed by atoms with van der Waals surface area (Å²) in [5.74, 6) is -1.48. The number of halogens is 1. The van der Waals surface area contributed by atoms with Gasteiger partial charge in [-0.1, -0.05) is 29.8 Å². The Bertz CT molecular complexity index is 858. The second-order valence-electron chi connectivity index (χ2n) is 5.34. The summed E-state index contributed by atoms with van der Waals surface area (Å²) in [4.78, 5) is 26.1. The minimum Gasteiger partial charge on any atom is -0.298 e. The molecule has 24 heavy (non-hydrogen) atoms. The Morgan fingerprint density at radius 2 is 1.67 bits per heavy atom. The molecule has 1 N–H and O–H groups in total. The van der Waals surface area contributed by atoms with Crippen molar-refractivity contribution in [2.45, 2.75) is 6.92 Å². The number of carbonyl (C=O) groups is 2. The van der Waals surface area contributed by atoms with Crippen LogP contribution in [0, 0.1) is 12.7 Å². The maximum absolute atomic E-state index is 13.0. The standard InChI is InChI=1S/C18H13FN2O2S/c1-11-2-8-14(9-3-11)21-17(23)15(16(22)20-18(21)24)10-12-4-6-13(19)7-5-12/h2-10H,1H3,(H,20,22,24)/b15-10+. The van der Waals surface area contributed by atoms with Gasteiger partial charge in [-0.15, -0.1) is 0 Å². The normalized spacial score (nSPS) is 16.5. The lowest BCUT2D eigenvalue weighted by molar-refractivity contribution is -0.122. The van der Waals surface area contributed by atoms with Crippen LogP contribution in [0.5, 0.6) is 0 Å². The molecule has 0 saturated carbocycles. The first-order valence-electron chi connectivity index (χ1n) is 7.19. The molecule has 120 valence electrons. The molecule has 0 atom stereocenters. The first-order valence-corrected chi connectivity index (χ1v) is 7.60. The van der Waals surface area contributed by atoms with Crippen molar-refractivity contribution < 1.29 is 14.0 Å². The molecule has 1 heterocycles. The van der Waals surface area contributed by atoms with Gasteiger partial charge in [0.1, 0.15) is 11.4 Å². The zero-order valence-corrected chi connectivity index (χ0v) is 13.6. The van der Waals surface area contributed by atoms with Gasteiger partial charge in [-0.2, -0.15) is 0 Å². The van der Waals surface area contributed by atoms with E-state index in [0.717, 1.165) is 5.56 Å². The van der Waals surface area contributed by atoms with Crippen LogP contribution in [0.1, 0.15) is 11.1 Å². The molecule has 1 fully saturated rings. The van der Waals surface area contributed by atoms with E-state index >= 15 is 0 Å². The maximum Gasteiger partial charge on any atom is 0.270 e. The molecule has 1 aliphatic rings. The van der Waals surface area contributed by atoms with E-state index in [4.69, 9.17) is 12.2 Å². The van der Waals surface area contributed by atoms with Gasteiger partial charge < -0.3 is 0 Å². The third kappa shape index (κ3) is 3.09. The quantitative estimate of drug-likeness (QED) is 0.519. The van der Waals surface area contributed by atoms with Gasteiger partial charge in [0.15, 0.2) is 5.11 Å². The molecule has 0 aromatic heterocycles. The summed E-state index contributed by atoms with van der Waals surface area (Å²) < 4.78 is 13.0. The molecule has 1 saturated heterocycles. The molecular weight excluding hydrogens is 327 g/mol. The molecule has 0 spiro atoms. The average Bonchev–Trinajstić information content (AvgIpc) is 2.55. The number of amides is 2. The van der Waals surface area contributed by atoms with Crippen LogP contribution in [0.3, 0.4) is 0 Å². The Kier molecular flexibility index (Phi) is 4.22. The van der Waals surface area contributed by atoms with Gasteiger partial charge >= 0.3 is 0 Å². The summed E-state index contributed by atoms with van der Waals surface area (Å²) in [7, 11) is 0. The SMILES string of the molecule is Cc1ccc(N2C(=O)/C(=C/c3ccc(F)cc3)C(=O)NC2=S)cc1. The van der Waals surface area contributed by atoms with Gasteiger partial charge in [-0.05, 0) is 55.0 Å². The van der Waals surface area contributed by atoms with E-state index in [2.05, 4.69) is 5.32 Å². The summed E-state index contributed by atoms with van der Waals surface area (Å²) in [6.07, 6.45) is 1.42. The topological polar surface area (TPSA) is 49.4 Å². The largest absolute Gasteiger partial charge is 0.298 e. The number of carbonyl (C=O) groups excluding carboxylic acids is 2. The van der Waals surface area contributed by atoms with Crippen molar-refractivity contribution in [3.05, 3.63) is 71.0 Å². The number of nitrogens with zero attached hydrogens (tertiary/aromatic N) is 1. The van der Waals surface area contributed by atoms with Crippen LogP contribution in [-0.4, -0.2) is 16.9 Å². The number of anilines is 1. The summed E-state index contributed by atoms with van der Waals surface area (Å²) in [5, 5.41) is 2.54. The molecule has 3 rings (SSSR count). The van der Waals surface area contributed by atoms with Crippen molar-refractivity contribution in [2.75, 3.05) is 4.90 Å². The minimum atomic E-state index is -0.572. The molecule has 6 heteroatoms. The number of nitrogens with one attached hydrogen (secondary N) is 1. The maximum atomic E-state index is 13.0. The van der Waals surface area contributed by atoms with Gasteiger partial charge in [0.25, 0.3) is 11.8 Å². The van der Waals surface area contributed by atoms with Crippen LogP contribution in [0.15, 0.2) is 54.1 Å². The predicted octanol–water partition coefficient (Wildman–Crippen LogP) is 2.97. The Labute approximate surface area is 143 Å². The summed E-state index contributed by atoms with van der Waals surface area (Å²) >= 11 is 5.13. The van der Waals surface area contributed by atoms with Crippen LogP contribution in [0.4, 0.5) is 10.1 Å². The third-order valence-corrected chi connectivity index (χ3v) is 3.86. The Balaban J connectivity index is 1.99. The number of benzene rings is 2. The number of rotatable bonds is 2. The highest BCUT2D eigenvalue weighted by atomic mass is 32.1. The highest BCUT2D eigenvalue weighted by molar-refractivity contribution is 7.80. The minimum absolute atomic E-state index is 0.0325. The lowest BCUT2D eigenvalue weighted by Gasteiger charge is -2.29. The van der Waals surface area contributed by atoms with E-state index in [1.54, 1.807) is 12.1 Å². The van der Waals surface area contributed by atoms with E-state index in [9.17, 15) is 14.0 Å². The molecule has 4 nitrogen and oxygen atoms in total. The third-order valence-electron chi connectivity index (χ3n) is 3.57. The fraction of sp³-hybridized carbons (Fsp3) is 0.0556. The lowest BCUT2D eigenvalue weighted by Crippen LogP contribution is -2.54. The number of hydrogen-bond acceptors (Lipinski definition) is 3. The number of thiocarbonyl (C=S) groups is 1. The predicted molar refractivity (Wildman–Crippen MR) is 93.8 cm³/mol. The van der Waals surface area contributed by atoms with E-state index in [-0.39, 0.29) is 16.5 Å². The van der Waals surface area contributed by atoms with Crippen LogP contribution >= 0.6 is 12.2 Å². The highest BCUT2D eigenvalue weighted by Gasteiger charge is 2.34. The summed E-state index contributed by atoms with van der Waals surface area (Å²) in [6.45, 7) is 1.93. The van der Waals surface area contributed by atoms with Crippen molar-refractivity contribution in [1.29, 1.82) is 0 Å². The van der Waals surface area contributed by atoms with Crippen molar-refractivity contribution >= 4 is 40.9 Å². The fourth-order valence-corrected chi connectivity index (χ4v) is 2.59. The summed E-state index contributed by atoms with van der Waals surface area (Å²) in [5.41, 5.74) is 2.10. The number of aryl methyl sites for hydroxylation is 1. The van der Waals surface area contributed by atoms with E-state index < -0.39 is 11.8 Å². The van der Waals surface area contributed by atoms with E-state index in [0.29, 0.717) is 11.3 Å². The highest BCUT2D eigenvalue weighted by Crippen LogP contribution is 2.22. The van der Waals surface area contributed by atoms with Gasteiger partial charge in [0.05, 0.1) is 5.69 Å². The second-order valence-corrected chi connectivity index (χ2v) is 5.73. The number of hydrogen-bond donors (Lipinski definition) is 1. The molecule has 0 unspecified atom stereocenters. The average molecular weight is 340 g/mol. The Morgan fingerprint density at radius 1 is 1.04 bits per heavy atom. The van der Waals surface area contributed by atoms with Gasteiger partial charge in [-0.3, -0.25) is 19.8 Å². The molecular formula is C18H13FN2O2S. The van der Waals surface area contributed by atoms with Crippen LogP contribution in [0.25, 0.3) is 6.08 Å². The lowest BCUT2D eigenvalue weighted by atomic mass is 10.1. The van der Waals surface area contributed by atoms with Gasteiger partial charge in [-0.25, -0.2) is 4.39 Å². The molecule has 0 radical (unpaired) electrons. The summed E-state index contributed by atoms with van der Waals surface area (Å²) in [6, 6.07) is 12.7. The van der Waals surface area contributed by atoms with Crippen LogP contribution < -0.4 is 10.2 Å². The van der Waals surface area contributed by atoms with Crippen LogP contribution in [0.2, 0.25) is 0 Å². The van der Waals surface area contributed by atoms with Gasteiger partial charge in [0, 0.05) is 0 Å². The van der Waals surface area contributed by atoms with Crippen LogP contribution in [-0.2, 0) is 9.59 Å². The van der Waals surface area contributed by atoms with Crippen molar-refractivity contribution in [2.24, 2.45) is 0 Å². The van der Waals surface area contributed by atoms with E-state index in [1.165, 1.54) is 35.2 Å². The Hall–Kier alpha value is -2.86. The Morgan fingerprint density at radius 3 is 2.29 bits per heavy atom. The van der Waals surface area contributed by atoms with Crippen molar-refractivity contribution in [3.63, 3.8) is 0 Å². The van der Waals surface area contributed by atoms with Gasteiger partial charge in [0.2, 0.25) is 0 Å². The van der Waals surface area contributed by atoms with E-state index in [1.807, 2.05) is 19.1 Å². The monoisotopic (exact) mass is 340 g/mol. The molecule has 2 amide bonds. The molecule has 0 bridgehead atoms. The molecule has 0 aliphatic carbocycles. The first kappa shape index (κ1) is 16.0. The molecule has 2 aromatic rings. The zero-order chi connectivity index (χ0) is 17.3. The fourth-order valence-electron chi connectivity index (χ4n) is 2.31. The second kappa shape index (κ2) is 6.33. The smallest absolute Gasteiger partial charge is 0.270 e.